The van der Waals surface area contributed by atoms with Crippen molar-refractivity contribution in [2.75, 3.05) is 12.4 Å². The fourth-order valence-electron chi connectivity index (χ4n) is 4.08. The van der Waals surface area contributed by atoms with Gasteiger partial charge in [-0.25, -0.2) is 14.6 Å². The monoisotopic (exact) mass is 479 g/mol. The number of alkyl carbamates (subject to hydrolysis) is 1. The molecule has 0 saturated carbocycles. The van der Waals surface area contributed by atoms with Crippen molar-refractivity contribution in [2.24, 2.45) is 0 Å². The summed E-state index contributed by atoms with van der Waals surface area (Å²) < 4.78 is 7.41. The van der Waals surface area contributed by atoms with Gasteiger partial charge in [-0.05, 0) is 22.3 Å². The molecule has 1 unspecified atom stereocenters. The van der Waals surface area contributed by atoms with Crippen molar-refractivity contribution in [1.29, 1.82) is 0 Å². The molecule has 33 heavy (non-hydrogen) atoms. The lowest BCUT2D eigenvalue weighted by atomic mass is 9.98. The van der Waals surface area contributed by atoms with Crippen LogP contribution in [-0.2, 0) is 15.3 Å². The molecule has 1 aliphatic rings. The first kappa shape index (κ1) is 21.5. The van der Waals surface area contributed by atoms with Gasteiger partial charge in [0.2, 0.25) is 0 Å². The third kappa shape index (κ3) is 4.46. The molecule has 2 aromatic carbocycles. The number of ether oxygens (including phenoxy) is 1. The molecule has 0 fully saturated rings. The second kappa shape index (κ2) is 9.29. The number of aromatic nitrogens is 2. The largest absolute Gasteiger partial charge is 0.480 e. The third-order valence-corrected chi connectivity index (χ3v) is 7.45. The number of benzene rings is 2. The minimum absolute atomic E-state index is 0.0735. The predicted molar refractivity (Wildman–Crippen MR) is 129 cm³/mol. The molecular formula is C24H21N3O4S2. The van der Waals surface area contributed by atoms with E-state index in [1.54, 1.807) is 11.3 Å². The minimum atomic E-state index is -1.10. The molecule has 2 N–H and O–H groups in total. The standard InChI is InChI=1S/C24H21N3O4S2/c28-22(29)21(14-32-13-15-11-27-9-10-33-23(27)25-15)26-24(30)31-12-20-18-7-3-1-5-16(18)17-6-2-4-8-19(17)20/h1-11,20-21H,12-14H2,(H,26,30)(H,28,29). The van der Waals surface area contributed by atoms with E-state index in [1.807, 2.05) is 58.6 Å². The van der Waals surface area contributed by atoms with E-state index in [0.29, 0.717) is 5.75 Å². The quantitative estimate of drug-likeness (QED) is 0.383. The maximum Gasteiger partial charge on any atom is 0.407 e. The van der Waals surface area contributed by atoms with Gasteiger partial charge in [-0.3, -0.25) is 4.40 Å². The molecule has 4 aromatic rings. The van der Waals surface area contributed by atoms with Gasteiger partial charge in [0.05, 0.1) is 5.69 Å². The molecular weight excluding hydrogens is 458 g/mol. The maximum absolute atomic E-state index is 12.4. The van der Waals surface area contributed by atoms with Crippen molar-refractivity contribution < 1.29 is 19.4 Å². The number of thiazole rings is 1. The maximum atomic E-state index is 12.4. The van der Waals surface area contributed by atoms with Crippen LogP contribution < -0.4 is 5.32 Å². The minimum Gasteiger partial charge on any atom is -0.480 e. The predicted octanol–water partition coefficient (Wildman–Crippen LogP) is 4.62. The topological polar surface area (TPSA) is 92.9 Å². The van der Waals surface area contributed by atoms with Crippen LogP contribution in [0.15, 0.2) is 66.3 Å². The van der Waals surface area contributed by atoms with Crippen molar-refractivity contribution in [3.8, 4) is 11.1 Å². The summed E-state index contributed by atoms with van der Waals surface area (Å²) in [6.45, 7) is 0.144. The summed E-state index contributed by atoms with van der Waals surface area (Å²) in [5.74, 6) is -0.396. The van der Waals surface area contributed by atoms with Gasteiger partial charge in [0.15, 0.2) is 4.96 Å². The average Bonchev–Trinajstić information content (AvgIpc) is 3.49. The van der Waals surface area contributed by atoms with E-state index in [-0.39, 0.29) is 18.3 Å². The second-order valence-electron chi connectivity index (χ2n) is 7.70. The van der Waals surface area contributed by atoms with Gasteiger partial charge in [-0.1, -0.05) is 48.5 Å². The lowest BCUT2D eigenvalue weighted by Gasteiger charge is -2.17. The number of thioether (sulfide) groups is 1. The Bertz CT molecular complexity index is 1240. The Hall–Kier alpha value is -3.30. The van der Waals surface area contributed by atoms with Crippen LogP contribution in [-0.4, -0.2) is 45.0 Å². The first-order valence-corrected chi connectivity index (χ1v) is 12.5. The highest BCUT2D eigenvalue weighted by atomic mass is 32.2. The number of carbonyl (C=O) groups excluding carboxylic acids is 1. The summed E-state index contributed by atoms with van der Waals surface area (Å²) in [5, 5.41) is 14.0. The first-order chi connectivity index (χ1) is 16.1. The van der Waals surface area contributed by atoms with E-state index < -0.39 is 18.1 Å². The van der Waals surface area contributed by atoms with Crippen LogP contribution in [0.25, 0.3) is 16.1 Å². The molecule has 7 nitrogen and oxygen atoms in total. The SMILES string of the molecule is O=C(NC(CSCc1cn2ccsc2n1)C(=O)O)OCC1c2ccccc2-c2ccccc21. The van der Waals surface area contributed by atoms with E-state index in [0.717, 1.165) is 32.9 Å². The Morgan fingerprint density at radius 2 is 1.85 bits per heavy atom. The summed E-state index contributed by atoms with van der Waals surface area (Å²) in [4.78, 5) is 29.5. The molecule has 9 heteroatoms. The molecule has 1 atom stereocenters. The summed E-state index contributed by atoms with van der Waals surface area (Å²) in [6, 6.07) is 15.1. The first-order valence-electron chi connectivity index (χ1n) is 10.4. The van der Waals surface area contributed by atoms with Crippen molar-refractivity contribution in [3.63, 3.8) is 0 Å². The van der Waals surface area contributed by atoms with Gasteiger partial charge in [-0.2, -0.15) is 11.8 Å². The van der Waals surface area contributed by atoms with Gasteiger partial charge in [-0.15, -0.1) is 11.3 Å². The summed E-state index contributed by atoms with van der Waals surface area (Å²) in [6.07, 6.45) is 3.13. The van der Waals surface area contributed by atoms with Crippen LogP contribution >= 0.6 is 23.1 Å². The number of carboxylic acid groups (broad SMARTS) is 1. The fourth-order valence-corrected chi connectivity index (χ4v) is 5.73. The molecule has 0 saturated heterocycles. The molecule has 2 heterocycles. The highest BCUT2D eigenvalue weighted by Gasteiger charge is 2.29. The van der Waals surface area contributed by atoms with Crippen LogP contribution in [0, 0.1) is 0 Å². The summed E-state index contributed by atoms with van der Waals surface area (Å²) in [7, 11) is 0. The third-order valence-electron chi connectivity index (χ3n) is 5.61. The summed E-state index contributed by atoms with van der Waals surface area (Å²) in [5.41, 5.74) is 5.37. The highest BCUT2D eigenvalue weighted by Crippen LogP contribution is 2.44. The van der Waals surface area contributed by atoms with Crippen molar-refractivity contribution in [3.05, 3.63) is 83.1 Å². The van der Waals surface area contributed by atoms with Crippen LogP contribution in [0.3, 0.4) is 0 Å². The number of hydrogen-bond acceptors (Lipinski definition) is 6. The van der Waals surface area contributed by atoms with Crippen molar-refractivity contribution in [2.45, 2.75) is 17.7 Å². The van der Waals surface area contributed by atoms with E-state index in [2.05, 4.69) is 22.4 Å². The lowest BCUT2D eigenvalue weighted by Crippen LogP contribution is -2.43. The zero-order valence-electron chi connectivity index (χ0n) is 17.5. The number of hydrogen-bond donors (Lipinski definition) is 2. The molecule has 5 rings (SSSR count). The highest BCUT2D eigenvalue weighted by molar-refractivity contribution is 7.98. The summed E-state index contributed by atoms with van der Waals surface area (Å²) >= 11 is 2.95. The zero-order valence-corrected chi connectivity index (χ0v) is 19.1. The van der Waals surface area contributed by atoms with Crippen LogP contribution in [0.5, 0.6) is 0 Å². The Balaban J connectivity index is 1.17. The number of nitrogens with zero attached hydrogens (tertiary/aromatic N) is 2. The normalized spacial score (nSPS) is 13.5. The smallest absolute Gasteiger partial charge is 0.407 e. The van der Waals surface area contributed by atoms with E-state index in [1.165, 1.54) is 11.8 Å². The number of nitrogens with one attached hydrogen (secondary N) is 1. The Labute approximate surface area is 198 Å². The number of amides is 1. The zero-order chi connectivity index (χ0) is 22.8. The number of aliphatic carboxylic acids is 1. The van der Waals surface area contributed by atoms with E-state index in [4.69, 9.17) is 4.74 Å². The fraction of sp³-hybridized carbons (Fsp3) is 0.208. The number of rotatable bonds is 8. The molecule has 0 radical (unpaired) electrons. The van der Waals surface area contributed by atoms with E-state index in [9.17, 15) is 14.7 Å². The van der Waals surface area contributed by atoms with Gasteiger partial charge in [0.1, 0.15) is 12.6 Å². The molecule has 1 amide bonds. The molecule has 2 aromatic heterocycles. The second-order valence-corrected chi connectivity index (χ2v) is 9.60. The van der Waals surface area contributed by atoms with Crippen LogP contribution in [0.1, 0.15) is 22.7 Å². The number of fused-ring (bicyclic) bond motifs is 4. The molecule has 0 aliphatic heterocycles. The molecule has 0 spiro atoms. The van der Waals surface area contributed by atoms with Gasteiger partial charge >= 0.3 is 12.1 Å². The van der Waals surface area contributed by atoms with Crippen molar-refractivity contribution >= 4 is 40.1 Å². The van der Waals surface area contributed by atoms with Gasteiger partial charge in [0.25, 0.3) is 0 Å². The van der Waals surface area contributed by atoms with Gasteiger partial charge < -0.3 is 15.2 Å². The Morgan fingerprint density at radius 1 is 1.15 bits per heavy atom. The number of imidazole rings is 1. The molecule has 168 valence electrons. The van der Waals surface area contributed by atoms with Crippen LogP contribution in [0.4, 0.5) is 4.79 Å². The Morgan fingerprint density at radius 3 is 2.52 bits per heavy atom. The van der Waals surface area contributed by atoms with Gasteiger partial charge in [0, 0.05) is 35.2 Å². The lowest BCUT2D eigenvalue weighted by molar-refractivity contribution is -0.138. The molecule has 0 bridgehead atoms. The molecule has 1 aliphatic carbocycles. The van der Waals surface area contributed by atoms with E-state index >= 15 is 0 Å². The Kier molecular flexibility index (Phi) is 6.06. The average molecular weight is 480 g/mol. The number of carbonyl (C=O) groups is 2. The number of carboxylic acids is 1. The van der Waals surface area contributed by atoms with Crippen LogP contribution in [0.2, 0.25) is 0 Å². The van der Waals surface area contributed by atoms with Crippen molar-refractivity contribution in [1.82, 2.24) is 14.7 Å².